The van der Waals surface area contributed by atoms with Crippen LogP contribution in [0.25, 0.3) is 136 Å². The number of nitrogens with zero attached hydrogens (tertiary/aromatic N) is 2. The summed E-state index contributed by atoms with van der Waals surface area (Å²) >= 11 is 1.85. The van der Waals surface area contributed by atoms with Crippen molar-refractivity contribution >= 4 is 91.3 Å². The summed E-state index contributed by atoms with van der Waals surface area (Å²) in [4.78, 5) is 5.58. The lowest BCUT2D eigenvalue weighted by molar-refractivity contribution is 0.660. The van der Waals surface area contributed by atoms with E-state index in [1.807, 2.05) is 11.3 Å². The molecule has 3 heteroatoms. The SMILES string of the molecule is CC1(C)c2ccccc2-c2cc(-c3ccc(-c4ccc(-c5ccc(-c6cc7c8cc9ccccc9cc8sc7c7nc8c9cc%10ccccc%10cc9ccc8n67)cc5)c5ccccc45)cc3)ccc21. The summed E-state index contributed by atoms with van der Waals surface area (Å²) in [5.41, 5.74) is 18.3. The number of imidazole rings is 1. The van der Waals surface area contributed by atoms with Crippen LogP contribution >= 0.6 is 11.3 Å². The Bertz CT molecular complexity index is 4490. The van der Waals surface area contributed by atoms with Crippen molar-refractivity contribution in [3.05, 3.63) is 230 Å². The molecule has 0 saturated heterocycles. The minimum Gasteiger partial charge on any atom is -0.291 e. The standard InChI is InChI=1S/C66H42N2S/c1-66(2)58-18-10-9-17-53(58)55-35-47(27-31-59(55)66)39-19-21-40(22-20-39)49-29-30-50(52-16-8-7-15-51(49)52)41-23-25-42(26-24-41)61-38-57-56-36-45-13-5-6-14-46(45)37-62(56)69-64(57)65-67-63-54-34-44-12-4-3-11-43(44)33-48(54)28-32-60(63)68(61)65/h3-38H,1-2H3. The molecule has 0 bridgehead atoms. The molecule has 0 aliphatic heterocycles. The van der Waals surface area contributed by atoms with E-state index in [1.165, 1.54) is 119 Å². The van der Waals surface area contributed by atoms with E-state index in [0.29, 0.717) is 0 Å². The molecule has 0 amide bonds. The molecule has 3 heterocycles. The van der Waals surface area contributed by atoms with Gasteiger partial charge in [-0.2, -0.15) is 0 Å². The highest BCUT2D eigenvalue weighted by Crippen LogP contribution is 2.50. The minimum absolute atomic E-state index is 0.00391. The summed E-state index contributed by atoms with van der Waals surface area (Å²) in [5, 5.41) is 12.4. The van der Waals surface area contributed by atoms with Crippen LogP contribution in [0.15, 0.2) is 218 Å². The molecule has 3 aromatic heterocycles. The molecule has 0 atom stereocenters. The molecule has 0 spiro atoms. The Morgan fingerprint density at radius 3 is 1.65 bits per heavy atom. The predicted octanol–water partition coefficient (Wildman–Crippen LogP) is 18.4. The minimum atomic E-state index is 0.00391. The molecule has 69 heavy (non-hydrogen) atoms. The lowest BCUT2D eigenvalue weighted by Gasteiger charge is -2.21. The van der Waals surface area contributed by atoms with Crippen molar-refractivity contribution in [1.82, 2.24) is 9.38 Å². The highest BCUT2D eigenvalue weighted by Gasteiger charge is 2.35. The topological polar surface area (TPSA) is 17.3 Å². The molecule has 0 radical (unpaired) electrons. The average Bonchev–Trinajstić information content (AvgIpc) is 4.04. The quantitative estimate of drug-likeness (QED) is 0.161. The van der Waals surface area contributed by atoms with Crippen LogP contribution in [-0.4, -0.2) is 9.38 Å². The van der Waals surface area contributed by atoms with Crippen molar-refractivity contribution in [2.45, 2.75) is 19.3 Å². The number of benzene rings is 11. The fourth-order valence-electron chi connectivity index (χ4n) is 11.8. The number of thiophene rings is 1. The number of hydrogen-bond acceptors (Lipinski definition) is 2. The molecule has 1 aliphatic carbocycles. The molecule has 0 unspecified atom stereocenters. The van der Waals surface area contributed by atoms with Gasteiger partial charge in [-0.3, -0.25) is 4.40 Å². The van der Waals surface area contributed by atoms with Gasteiger partial charge in [0, 0.05) is 26.3 Å². The lowest BCUT2D eigenvalue weighted by atomic mass is 9.82. The van der Waals surface area contributed by atoms with E-state index in [0.717, 1.165) is 27.9 Å². The third-order valence-electron chi connectivity index (χ3n) is 15.4. The van der Waals surface area contributed by atoms with Gasteiger partial charge in [0.05, 0.1) is 21.4 Å². The normalized spacial score (nSPS) is 13.2. The fourth-order valence-corrected chi connectivity index (χ4v) is 13.0. The van der Waals surface area contributed by atoms with Crippen LogP contribution in [0.4, 0.5) is 0 Å². The van der Waals surface area contributed by atoms with Crippen molar-refractivity contribution in [1.29, 1.82) is 0 Å². The van der Waals surface area contributed by atoms with Gasteiger partial charge in [-0.05, 0) is 141 Å². The Balaban J connectivity index is 0.839. The Hall–Kier alpha value is -8.37. The summed E-state index contributed by atoms with van der Waals surface area (Å²) in [5.74, 6) is 0. The van der Waals surface area contributed by atoms with E-state index < -0.39 is 0 Å². The third kappa shape index (κ3) is 5.69. The Kier molecular flexibility index (Phi) is 8.03. The Labute approximate surface area is 403 Å². The first-order valence-corrected chi connectivity index (χ1v) is 24.7. The van der Waals surface area contributed by atoms with E-state index >= 15 is 0 Å². The van der Waals surface area contributed by atoms with Gasteiger partial charge in [-0.15, -0.1) is 11.3 Å². The van der Waals surface area contributed by atoms with Gasteiger partial charge in [0.15, 0.2) is 5.65 Å². The van der Waals surface area contributed by atoms with Gasteiger partial charge >= 0.3 is 0 Å². The molecular weight excluding hydrogens is 853 g/mol. The molecule has 0 saturated carbocycles. The van der Waals surface area contributed by atoms with E-state index in [2.05, 4.69) is 237 Å². The van der Waals surface area contributed by atoms with E-state index in [-0.39, 0.29) is 5.41 Å². The van der Waals surface area contributed by atoms with E-state index in [1.54, 1.807) is 0 Å². The first kappa shape index (κ1) is 38.7. The number of fused-ring (bicyclic) bond motifs is 15. The average molecular weight is 895 g/mol. The van der Waals surface area contributed by atoms with Gasteiger partial charge in [0.25, 0.3) is 0 Å². The smallest absolute Gasteiger partial charge is 0.156 e. The molecule has 322 valence electrons. The maximum absolute atomic E-state index is 5.58. The second-order valence-corrected chi connectivity index (χ2v) is 20.5. The first-order chi connectivity index (χ1) is 33.9. The van der Waals surface area contributed by atoms with Crippen LogP contribution in [0.1, 0.15) is 25.0 Å². The number of rotatable bonds is 4. The molecule has 2 nitrogen and oxygen atoms in total. The monoisotopic (exact) mass is 894 g/mol. The van der Waals surface area contributed by atoms with Gasteiger partial charge in [-0.25, -0.2) is 4.98 Å². The summed E-state index contributed by atoms with van der Waals surface area (Å²) in [6.45, 7) is 4.68. The number of aromatic nitrogens is 2. The van der Waals surface area contributed by atoms with E-state index in [4.69, 9.17) is 4.98 Å². The molecule has 11 aromatic carbocycles. The van der Waals surface area contributed by atoms with E-state index in [9.17, 15) is 0 Å². The lowest BCUT2D eigenvalue weighted by Crippen LogP contribution is -2.14. The third-order valence-corrected chi connectivity index (χ3v) is 16.5. The molecule has 0 N–H and O–H groups in total. The van der Waals surface area contributed by atoms with Crippen molar-refractivity contribution in [2.24, 2.45) is 0 Å². The second-order valence-electron chi connectivity index (χ2n) is 19.5. The molecular formula is C66H42N2S. The Morgan fingerprint density at radius 2 is 0.942 bits per heavy atom. The summed E-state index contributed by atoms with van der Waals surface area (Å²) in [6, 6.07) is 81.4. The number of hydrogen-bond donors (Lipinski definition) is 0. The zero-order chi connectivity index (χ0) is 45.5. The zero-order valence-corrected chi connectivity index (χ0v) is 38.9. The van der Waals surface area contributed by atoms with Crippen LogP contribution in [0.2, 0.25) is 0 Å². The number of pyridine rings is 1. The van der Waals surface area contributed by atoms with Gasteiger partial charge < -0.3 is 0 Å². The maximum Gasteiger partial charge on any atom is 0.156 e. The second kappa shape index (κ2) is 14.3. The van der Waals surface area contributed by atoms with Gasteiger partial charge in [0.1, 0.15) is 0 Å². The van der Waals surface area contributed by atoms with Gasteiger partial charge in [0.2, 0.25) is 0 Å². The van der Waals surface area contributed by atoms with Crippen molar-refractivity contribution in [2.75, 3.05) is 0 Å². The summed E-state index contributed by atoms with van der Waals surface area (Å²) < 4.78 is 4.91. The predicted molar refractivity (Wildman–Crippen MR) is 295 cm³/mol. The van der Waals surface area contributed by atoms with Crippen LogP contribution < -0.4 is 0 Å². The Morgan fingerprint density at radius 1 is 0.377 bits per heavy atom. The summed E-state index contributed by atoms with van der Waals surface area (Å²) in [7, 11) is 0. The molecule has 1 aliphatic rings. The largest absolute Gasteiger partial charge is 0.291 e. The summed E-state index contributed by atoms with van der Waals surface area (Å²) in [6.07, 6.45) is 0. The zero-order valence-electron chi connectivity index (χ0n) is 38.1. The highest BCUT2D eigenvalue weighted by molar-refractivity contribution is 7.26. The maximum atomic E-state index is 5.58. The van der Waals surface area contributed by atoms with Crippen LogP contribution in [0.5, 0.6) is 0 Å². The van der Waals surface area contributed by atoms with Gasteiger partial charge in [-0.1, -0.05) is 190 Å². The fraction of sp³-hybridized carbons (Fsp3) is 0.0455. The van der Waals surface area contributed by atoms with Crippen LogP contribution in [-0.2, 0) is 5.41 Å². The van der Waals surface area contributed by atoms with Crippen molar-refractivity contribution in [3.8, 4) is 55.8 Å². The first-order valence-electron chi connectivity index (χ1n) is 23.9. The van der Waals surface area contributed by atoms with Crippen LogP contribution in [0.3, 0.4) is 0 Å². The van der Waals surface area contributed by atoms with Crippen molar-refractivity contribution < 1.29 is 0 Å². The molecule has 0 fully saturated rings. The van der Waals surface area contributed by atoms with Crippen LogP contribution in [0, 0.1) is 0 Å². The van der Waals surface area contributed by atoms with Crippen molar-refractivity contribution in [3.63, 3.8) is 0 Å². The molecule has 15 rings (SSSR count). The highest BCUT2D eigenvalue weighted by atomic mass is 32.1. The molecule has 14 aromatic rings.